The summed E-state index contributed by atoms with van der Waals surface area (Å²) < 4.78 is 111. The molecule has 0 amide bonds. The maximum Gasteiger partial charge on any atom is 0.454 e. The van der Waals surface area contributed by atoms with Crippen molar-refractivity contribution in [2.24, 2.45) is 10.9 Å². The van der Waals surface area contributed by atoms with Crippen LogP contribution in [0.2, 0.25) is 0 Å². The fraction of sp³-hybridized carbons (Fsp3) is 0.519. The number of hydrogen-bond donors (Lipinski definition) is 0. The molecule has 2 heterocycles. The van der Waals surface area contributed by atoms with E-state index in [0.29, 0.717) is 34.4 Å². The van der Waals surface area contributed by atoms with Crippen molar-refractivity contribution in [2.45, 2.75) is 63.0 Å². The third-order valence-electron chi connectivity index (χ3n) is 7.46. The van der Waals surface area contributed by atoms with Crippen molar-refractivity contribution < 1.29 is 35.1 Å². The van der Waals surface area contributed by atoms with E-state index >= 15 is 0 Å². The number of hydrogen-bond acceptors (Lipinski definition) is 4. The minimum absolute atomic E-state index is 0.0551. The summed E-state index contributed by atoms with van der Waals surface area (Å²) in [4.78, 5) is 7.78. The van der Waals surface area contributed by atoms with Crippen molar-refractivity contribution in [3.05, 3.63) is 52.5 Å². The first kappa shape index (κ1) is 29.1. The summed E-state index contributed by atoms with van der Waals surface area (Å²) >= 11 is 3.53. The third-order valence-corrected chi connectivity index (χ3v) is 8.09. The SMILES string of the molecule is CC(C)c1ccc(N2C3=NC(C(F)(F)F)C(CN(CC4CC4)CC(F)(F)C(F)(F)F)N3c3ccccc32)c(Br)c1. The Morgan fingerprint density at radius 1 is 0.925 bits per heavy atom. The summed E-state index contributed by atoms with van der Waals surface area (Å²) in [7, 11) is 0. The molecule has 13 heteroatoms. The van der Waals surface area contributed by atoms with Gasteiger partial charge in [-0.3, -0.25) is 9.80 Å². The average Bonchev–Trinajstić information content (AvgIpc) is 3.48. The van der Waals surface area contributed by atoms with Gasteiger partial charge in [0, 0.05) is 17.6 Å². The molecular weight excluding hydrogens is 612 g/mol. The highest BCUT2D eigenvalue weighted by atomic mass is 79.9. The Morgan fingerprint density at radius 3 is 2.12 bits per heavy atom. The summed E-state index contributed by atoms with van der Waals surface area (Å²) in [6, 6.07) is 8.28. The van der Waals surface area contributed by atoms with Gasteiger partial charge in [-0.2, -0.15) is 35.1 Å². The molecule has 0 bridgehead atoms. The van der Waals surface area contributed by atoms with Crippen LogP contribution >= 0.6 is 15.9 Å². The lowest BCUT2D eigenvalue weighted by Gasteiger charge is -2.35. The highest BCUT2D eigenvalue weighted by Crippen LogP contribution is 2.50. The highest BCUT2D eigenvalue weighted by molar-refractivity contribution is 9.10. The van der Waals surface area contributed by atoms with E-state index in [0.717, 1.165) is 10.5 Å². The fourth-order valence-corrected chi connectivity index (χ4v) is 5.83. The quantitative estimate of drug-likeness (QED) is 0.273. The number of para-hydroxylation sites is 2. The molecule has 4 nitrogen and oxygen atoms in total. The Bertz CT molecular complexity index is 1290. The number of alkyl halides is 8. The van der Waals surface area contributed by atoms with E-state index < -0.39 is 43.4 Å². The van der Waals surface area contributed by atoms with Crippen LogP contribution < -0.4 is 9.80 Å². The molecule has 5 rings (SSSR count). The summed E-state index contributed by atoms with van der Waals surface area (Å²) in [6.45, 7) is 1.47. The number of halogens is 9. The molecule has 3 aliphatic rings. The molecule has 0 radical (unpaired) electrons. The first-order chi connectivity index (χ1) is 18.6. The van der Waals surface area contributed by atoms with E-state index in [1.807, 2.05) is 26.0 Å². The molecule has 1 aliphatic carbocycles. The highest BCUT2D eigenvalue weighted by Gasteiger charge is 2.60. The van der Waals surface area contributed by atoms with Crippen LogP contribution in [0.1, 0.15) is 38.2 Å². The number of aliphatic imine (C=N–C) groups is 1. The maximum absolute atomic E-state index is 14.4. The van der Waals surface area contributed by atoms with Gasteiger partial charge in [-0.25, -0.2) is 4.99 Å². The van der Waals surface area contributed by atoms with Crippen LogP contribution in [-0.4, -0.2) is 60.9 Å². The van der Waals surface area contributed by atoms with Crippen molar-refractivity contribution in [1.82, 2.24) is 4.90 Å². The lowest BCUT2D eigenvalue weighted by molar-refractivity contribution is -0.287. The predicted octanol–water partition coefficient (Wildman–Crippen LogP) is 8.11. The van der Waals surface area contributed by atoms with Crippen LogP contribution in [0.3, 0.4) is 0 Å². The van der Waals surface area contributed by atoms with Crippen molar-refractivity contribution in [3.8, 4) is 0 Å². The second-order valence-electron chi connectivity index (χ2n) is 10.9. The van der Waals surface area contributed by atoms with E-state index in [4.69, 9.17) is 0 Å². The van der Waals surface area contributed by atoms with Crippen LogP contribution in [0.4, 0.5) is 52.2 Å². The van der Waals surface area contributed by atoms with Gasteiger partial charge in [0.1, 0.15) is 0 Å². The Balaban J connectivity index is 1.55. The van der Waals surface area contributed by atoms with Crippen molar-refractivity contribution in [3.63, 3.8) is 0 Å². The summed E-state index contributed by atoms with van der Waals surface area (Å²) in [5, 5.41) is 0. The molecule has 2 unspecified atom stereocenters. The second-order valence-corrected chi connectivity index (χ2v) is 11.7. The molecule has 2 aromatic carbocycles. The topological polar surface area (TPSA) is 22.1 Å². The first-order valence-electron chi connectivity index (χ1n) is 12.9. The number of nitrogens with zero attached hydrogens (tertiary/aromatic N) is 4. The molecule has 1 fully saturated rings. The monoisotopic (exact) mass is 638 g/mol. The molecule has 1 saturated carbocycles. The standard InChI is InChI=1S/C27H27BrF8N4/c1-15(2)17-9-10-19(18(28)11-17)39-20-5-3-4-6-21(20)40-22(23(26(31,32)33)37-24(39)40)13-38(12-16-7-8-16)14-25(29,30)27(34,35)36/h3-6,9-11,15-16,22-23H,7-8,12-14H2,1-2H3. The van der Waals surface area contributed by atoms with Crippen LogP contribution in [0.15, 0.2) is 51.9 Å². The van der Waals surface area contributed by atoms with E-state index in [9.17, 15) is 35.1 Å². The van der Waals surface area contributed by atoms with Gasteiger partial charge in [0.15, 0.2) is 6.04 Å². The van der Waals surface area contributed by atoms with Gasteiger partial charge < -0.3 is 4.90 Å². The number of benzene rings is 2. The van der Waals surface area contributed by atoms with Gasteiger partial charge in [0.05, 0.1) is 29.6 Å². The number of fused-ring (bicyclic) bond motifs is 3. The number of anilines is 3. The molecule has 2 atom stereocenters. The summed E-state index contributed by atoms with van der Waals surface area (Å²) in [5.74, 6) is -5.06. The summed E-state index contributed by atoms with van der Waals surface area (Å²) in [6.07, 6.45) is -9.42. The maximum atomic E-state index is 14.4. The van der Waals surface area contributed by atoms with E-state index in [2.05, 4.69) is 20.9 Å². The van der Waals surface area contributed by atoms with Gasteiger partial charge in [-0.15, -0.1) is 0 Å². The van der Waals surface area contributed by atoms with Gasteiger partial charge in [-0.05, 0) is 70.4 Å². The molecule has 0 N–H and O–H groups in total. The Hall–Kier alpha value is -2.41. The van der Waals surface area contributed by atoms with Crippen molar-refractivity contribution in [2.75, 3.05) is 29.4 Å². The van der Waals surface area contributed by atoms with Gasteiger partial charge in [0.2, 0.25) is 5.96 Å². The minimum atomic E-state index is -5.82. The van der Waals surface area contributed by atoms with E-state index in [1.165, 1.54) is 4.90 Å². The number of guanidine groups is 1. The van der Waals surface area contributed by atoms with Crippen LogP contribution in [0.25, 0.3) is 0 Å². The largest absolute Gasteiger partial charge is 0.454 e. The van der Waals surface area contributed by atoms with Crippen molar-refractivity contribution >= 4 is 39.0 Å². The zero-order valence-corrected chi connectivity index (χ0v) is 23.2. The first-order valence-corrected chi connectivity index (χ1v) is 13.7. The molecule has 0 aromatic heterocycles. The van der Waals surface area contributed by atoms with Crippen LogP contribution in [0, 0.1) is 5.92 Å². The summed E-state index contributed by atoms with van der Waals surface area (Å²) in [5.41, 5.74) is 2.42. The fourth-order valence-electron chi connectivity index (χ4n) is 5.26. The molecule has 218 valence electrons. The average molecular weight is 639 g/mol. The lowest BCUT2D eigenvalue weighted by atomic mass is 10.0. The minimum Gasteiger partial charge on any atom is -0.303 e. The van der Waals surface area contributed by atoms with Gasteiger partial charge >= 0.3 is 18.3 Å². The Kier molecular flexibility index (Phi) is 7.38. The number of rotatable bonds is 8. The van der Waals surface area contributed by atoms with E-state index in [1.54, 1.807) is 35.2 Å². The molecule has 0 saturated heterocycles. The van der Waals surface area contributed by atoms with Gasteiger partial charge in [-0.1, -0.05) is 32.0 Å². The van der Waals surface area contributed by atoms with Gasteiger partial charge in [0.25, 0.3) is 0 Å². The second kappa shape index (κ2) is 10.1. The Morgan fingerprint density at radius 2 is 1.57 bits per heavy atom. The van der Waals surface area contributed by atoms with E-state index in [-0.39, 0.29) is 24.3 Å². The molecule has 2 aromatic rings. The predicted molar refractivity (Wildman–Crippen MR) is 141 cm³/mol. The van der Waals surface area contributed by atoms with Crippen LogP contribution in [-0.2, 0) is 0 Å². The zero-order valence-electron chi connectivity index (χ0n) is 21.6. The normalized spacial score (nSPS) is 21.4. The molecule has 2 aliphatic heterocycles. The van der Waals surface area contributed by atoms with Crippen molar-refractivity contribution in [1.29, 1.82) is 0 Å². The van der Waals surface area contributed by atoms with Crippen LogP contribution in [0.5, 0.6) is 0 Å². The third kappa shape index (κ3) is 5.43. The molecule has 40 heavy (non-hydrogen) atoms. The zero-order chi connectivity index (χ0) is 29.2. The molecular formula is C27H27BrF8N4. The Labute approximate surface area is 234 Å². The smallest absolute Gasteiger partial charge is 0.303 e. The molecule has 0 spiro atoms. The lowest BCUT2D eigenvalue weighted by Crippen LogP contribution is -2.55.